The molecule has 0 aliphatic carbocycles. The molecule has 1 aromatic rings. The zero-order valence-corrected chi connectivity index (χ0v) is 14.2. The maximum Gasteiger partial charge on any atom is 0.256 e. The van der Waals surface area contributed by atoms with Gasteiger partial charge in [0.15, 0.2) is 0 Å². The van der Waals surface area contributed by atoms with Crippen LogP contribution in [-0.4, -0.2) is 48.4 Å². The van der Waals surface area contributed by atoms with Crippen molar-refractivity contribution in [2.24, 2.45) is 5.92 Å². The minimum absolute atomic E-state index is 0.0701. The maximum atomic E-state index is 14.0. The molecular weight excluding hydrogens is 303 g/mol. The van der Waals surface area contributed by atoms with Crippen LogP contribution < -0.4 is 0 Å². The van der Waals surface area contributed by atoms with Gasteiger partial charge in [-0.1, -0.05) is 25.4 Å². The van der Waals surface area contributed by atoms with E-state index in [9.17, 15) is 9.18 Å². The van der Waals surface area contributed by atoms with Crippen LogP contribution in [0.3, 0.4) is 0 Å². The third kappa shape index (κ3) is 3.99. The fourth-order valence-electron chi connectivity index (χ4n) is 3.01. The number of rotatable bonds is 5. The van der Waals surface area contributed by atoms with Crippen molar-refractivity contribution in [3.8, 4) is 0 Å². The summed E-state index contributed by atoms with van der Waals surface area (Å²) in [7, 11) is 1.76. The van der Waals surface area contributed by atoms with Gasteiger partial charge in [0.1, 0.15) is 5.82 Å². The molecule has 0 spiro atoms. The number of likely N-dealkylation sites (tertiary alicyclic amines) is 1. The number of carbonyl (C=O) groups excluding carboxylic acids is 1. The van der Waals surface area contributed by atoms with Gasteiger partial charge >= 0.3 is 0 Å². The average molecular weight is 327 g/mol. The summed E-state index contributed by atoms with van der Waals surface area (Å²) in [5.41, 5.74) is 0.0824. The molecule has 2 rings (SSSR count). The quantitative estimate of drug-likeness (QED) is 0.824. The lowest BCUT2D eigenvalue weighted by Crippen LogP contribution is -2.47. The molecule has 122 valence electrons. The number of amides is 1. The fourth-order valence-corrected chi connectivity index (χ4v) is 3.17. The topological polar surface area (TPSA) is 23.6 Å². The smallest absolute Gasteiger partial charge is 0.256 e. The summed E-state index contributed by atoms with van der Waals surface area (Å²) in [5, 5.41) is 0.300. The molecule has 0 bridgehead atoms. The summed E-state index contributed by atoms with van der Waals surface area (Å²) in [6.07, 6.45) is 2.43. The molecule has 5 heteroatoms. The van der Waals surface area contributed by atoms with E-state index in [2.05, 4.69) is 18.7 Å². The summed E-state index contributed by atoms with van der Waals surface area (Å²) in [6, 6.07) is 4.27. The number of likely N-dealkylation sites (N-methyl/N-ethyl adjacent to an activating group) is 1. The normalized spacial score (nSPS) is 17.0. The third-order valence-corrected chi connectivity index (χ3v) is 4.63. The molecule has 1 amide bonds. The predicted octanol–water partition coefficient (Wildman–Crippen LogP) is 3.67. The zero-order chi connectivity index (χ0) is 16.3. The van der Waals surface area contributed by atoms with Gasteiger partial charge in [-0.15, -0.1) is 0 Å². The number of hydrogen-bond donors (Lipinski definition) is 0. The van der Waals surface area contributed by atoms with Crippen LogP contribution in [0.4, 0.5) is 4.39 Å². The highest BCUT2D eigenvalue weighted by atomic mass is 35.5. The van der Waals surface area contributed by atoms with E-state index in [1.165, 1.54) is 25.0 Å². The lowest BCUT2D eigenvalue weighted by molar-refractivity contribution is 0.0637. The second-order valence-electron chi connectivity index (χ2n) is 6.36. The van der Waals surface area contributed by atoms with Crippen LogP contribution in [-0.2, 0) is 0 Å². The van der Waals surface area contributed by atoms with E-state index >= 15 is 0 Å². The van der Waals surface area contributed by atoms with Gasteiger partial charge in [0.25, 0.3) is 5.91 Å². The van der Waals surface area contributed by atoms with Crippen molar-refractivity contribution >= 4 is 17.5 Å². The Bertz CT molecular complexity index is 529. The van der Waals surface area contributed by atoms with E-state index in [4.69, 9.17) is 11.6 Å². The van der Waals surface area contributed by atoms with Crippen molar-refractivity contribution in [2.75, 3.05) is 26.7 Å². The van der Waals surface area contributed by atoms with Crippen molar-refractivity contribution in [1.82, 2.24) is 9.80 Å². The molecule has 1 saturated heterocycles. The Labute approximate surface area is 137 Å². The zero-order valence-electron chi connectivity index (χ0n) is 13.5. The van der Waals surface area contributed by atoms with Gasteiger partial charge in [-0.3, -0.25) is 4.79 Å². The van der Waals surface area contributed by atoms with Crippen LogP contribution in [0.15, 0.2) is 18.2 Å². The molecule has 0 aromatic heterocycles. The first-order valence-electron chi connectivity index (χ1n) is 7.84. The first kappa shape index (κ1) is 17.2. The lowest BCUT2D eigenvalue weighted by atomic mass is 10.0. The Morgan fingerprint density at radius 3 is 2.55 bits per heavy atom. The Balaban J connectivity index is 2.14. The van der Waals surface area contributed by atoms with Crippen molar-refractivity contribution < 1.29 is 9.18 Å². The highest BCUT2D eigenvalue weighted by Gasteiger charge is 2.28. The van der Waals surface area contributed by atoms with Gasteiger partial charge in [0.05, 0.1) is 5.56 Å². The average Bonchev–Trinajstić information content (AvgIpc) is 2.96. The minimum atomic E-state index is -0.562. The molecule has 1 fully saturated rings. The number of nitrogens with zero attached hydrogens (tertiary/aromatic N) is 2. The first-order valence-corrected chi connectivity index (χ1v) is 8.22. The summed E-state index contributed by atoms with van der Waals surface area (Å²) < 4.78 is 14.0. The Morgan fingerprint density at radius 2 is 2.00 bits per heavy atom. The number of benzene rings is 1. The molecule has 0 radical (unpaired) electrons. The van der Waals surface area contributed by atoms with Crippen LogP contribution in [0.1, 0.15) is 37.0 Å². The Morgan fingerprint density at radius 1 is 1.36 bits per heavy atom. The maximum absolute atomic E-state index is 14.0. The molecule has 1 heterocycles. The summed E-state index contributed by atoms with van der Waals surface area (Å²) in [6.45, 7) is 7.21. The van der Waals surface area contributed by atoms with Crippen LogP contribution in [0.25, 0.3) is 0 Å². The highest BCUT2D eigenvalue weighted by Crippen LogP contribution is 2.20. The van der Waals surface area contributed by atoms with Crippen molar-refractivity contribution in [2.45, 2.75) is 32.7 Å². The molecule has 3 nitrogen and oxygen atoms in total. The van der Waals surface area contributed by atoms with Gasteiger partial charge in [-0.25, -0.2) is 4.39 Å². The van der Waals surface area contributed by atoms with Gasteiger partial charge in [-0.05, 0) is 50.0 Å². The first-order chi connectivity index (χ1) is 10.4. The van der Waals surface area contributed by atoms with Gasteiger partial charge < -0.3 is 9.80 Å². The molecule has 0 saturated carbocycles. The summed E-state index contributed by atoms with van der Waals surface area (Å²) in [5.74, 6) is -0.537. The SMILES string of the molecule is CC(C)[C@@H](CN1CCCC1)N(C)C(=O)c1ccc(Cl)cc1F. The van der Waals surface area contributed by atoms with E-state index in [1.807, 2.05) is 0 Å². The highest BCUT2D eigenvalue weighted by molar-refractivity contribution is 6.30. The fraction of sp³-hybridized carbons (Fsp3) is 0.588. The van der Waals surface area contributed by atoms with Gasteiger partial charge in [0, 0.05) is 24.7 Å². The van der Waals surface area contributed by atoms with E-state index in [1.54, 1.807) is 18.0 Å². The monoisotopic (exact) mass is 326 g/mol. The van der Waals surface area contributed by atoms with Crippen molar-refractivity contribution in [1.29, 1.82) is 0 Å². The third-order valence-electron chi connectivity index (χ3n) is 4.39. The summed E-state index contributed by atoms with van der Waals surface area (Å²) in [4.78, 5) is 16.7. The molecule has 0 unspecified atom stereocenters. The second-order valence-corrected chi connectivity index (χ2v) is 6.80. The molecule has 1 aromatic carbocycles. The molecule has 1 atom stereocenters. The Kier molecular flexibility index (Phi) is 5.81. The molecular formula is C17H24ClFN2O. The number of carbonyl (C=O) groups is 1. The standard InChI is InChI=1S/C17H24ClFN2O/c1-12(2)16(11-21-8-4-5-9-21)20(3)17(22)14-7-6-13(18)10-15(14)19/h6-7,10,12,16H,4-5,8-9,11H2,1-3H3/t16-/m1/s1. The molecule has 22 heavy (non-hydrogen) atoms. The van der Waals surface area contributed by atoms with Crippen LogP contribution in [0, 0.1) is 11.7 Å². The predicted molar refractivity (Wildman–Crippen MR) is 87.8 cm³/mol. The van der Waals surface area contributed by atoms with Crippen molar-refractivity contribution in [3.05, 3.63) is 34.6 Å². The molecule has 1 aliphatic heterocycles. The molecule has 0 N–H and O–H groups in total. The Hall–Kier alpha value is -1.13. The summed E-state index contributed by atoms with van der Waals surface area (Å²) >= 11 is 5.76. The van der Waals surface area contributed by atoms with Crippen LogP contribution >= 0.6 is 11.6 Å². The lowest BCUT2D eigenvalue weighted by Gasteiger charge is -2.34. The number of hydrogen-bond acceptors (Lipinski definition) is 2. The van der Waals surface area contributed by atoms with Crippen LogP contribution in [0.5, 0.6) is 0 Å². The van der Waals surface area contributed by atoms with Crippen molar-refractivity contribution in [3.63, 3.8) is 0 Å². The minimum Gasteiger partial charge on any atom is -0.337 e. The molecule has 1 aliphatic rings. The van der Waals surface area contributed by atoms with E-state index in [0.717, 1.165) is 19.6 Å². The largest absolute Gasteiger partial charge is 0.337 e. The van der Waals surface area contributed by atoms with E-state index in [0.29, 0.717) is 10.9 Å². The van der Waals surface area contributed by atoms with E-state index < -0.39 is 5.82 Å². The van der Waals surface area contributed by atoms with E-state index in [-0.39, 0.29) is 17.5 Å². The van der Waals surface area contributed by atoms with Gasteiger partial charge in [0.2, 0.25) is 0 Å². The van der Waals surface area contributed by atoms with Crippen LogP contribution in [0.2, 0.25) is 5.02 Å². The number of halogens is 2. The second kappa shape index (κ2) is 7.42. The van der Waals surface area contributed by atoms with Gasteiger partial charge in [-0.2, -0.15) is 0 Å².